The summed E-state index contributed by atoms with van der Waals surface area (Å²) in [4.78, 5) is 0. The standard InChI is InChI=1S/C10H19N3O2S2/c1-6-11-7(2)8-12-13-9(16-8)10(3,4)17(5,14)15/h7,11H,6H2,1-5H3. The molecule has 0 amide bonds. The molecule has 0 spiro atoms. The Kier molecular flexibility index (Phi) is 4.27. The summed E-state index contributed by atoms with van der Waals surface area (Å²) in [7, 11) is -3.19. The minimum Gasteiger partial charge on any atom is -0.308 e. The average Bonchev–Trinajstić information content (AvgIpc) is 2.65. The van der Waals surface area contributed by atoms with Gasteiger partial charge in [0.2, 0.25) is 0 Å². The lowest BCUT2D eigenvalue weighted by molar-refractivity contribution is 0.558. The van der Waals surface area contributed by atoms with Crippen molar-refractivity contribution in [2.24, 2.45) is 0 Å². The highest BCUT2D eigenvalue weighted by molar-refractivity contribution is 7.91. The molecule has 0 bridgehead atoms. The van der Waals surface area contributed by atoms with E-state index in [1.807, 2.05) is 13.8 Å². The molecule has 5 nitrogen and oxygen atoms in total. The van der Waals surface area contributed by atoms with Crippen LogP contribution in [0.1, 0.15) is 43.8 Å². The molecule has 0 aromatic carbocycles. The number of sulfone groups is 1. The molecule has 1 aromatic rings. The van der Waals surface area contributed by atoms with Crippen LogP contribution in [-0.2, 0) is 14.6 Å². The van der Waals surface area contributed by atoms with Crippen LogP contribution >= 0.6 is 11.3 Å². The Morgan fingerprint density at radius 1 is 1.41 bits per heavy atom. The van der Waals surface area contributed by atoms with Crippen LogP contribution < -0.4 is 5.32 Å². The molecule has 1 atom stereocenters. The van der Waals surface area contributed by atoms with E-state index in [4.69, 9.17) is 0 Å². The topological polar surface area (TPSA) is 72.0 Å². The van der Waals surface area contributed by atoms with Crippen molar-refractivity contribution in [2.45, 2.75) is 38.5 Å². The molecule has 1 aromatic heterocycles. The highest BCUT2D eigenvalue weighted by atomic mass is 32.2. The number of rotatable bonds is 5. The zero-order valence-electron chi connectivity index (χ0n) is 10.8. The summed E-state index contributed by atoms with van der Waals surface area (Å²) in [5.41, 5.74) is 0. The van der Waals surface area contributed by atoms with Crippen molar-refractivity contribution in [1.82, 2.24) is 15.5 Å². The normalized spacial score (nSPS) is 14.9. The molecule has 0 aliphatic heterocycles. The molecule has 0 saturated carbocycles. The molecule has 0 saturated heterocycles. The van der Waals surface area contributed by atoms with Crippen molar-refractivity contribution >= 4 is 21.2 Å². The van der Waals surface area contributed by atoms with Gasteiger partial charge in [-0.3, -0.25) is 0 Å². The molecule has 0 fully saturated rings. The first kappa shape index (κ1) is 14.5. The van der Waals surface area contributed by atoms with E-state index in [0.717, 1.165) is 11.6 Å². The van der Waals surface area contributed by atoms with Crippen molar-refractivity contribution in [3.63, 3.8) is 0 Å². The Morgan fingerprint density at radius 2 is 2.00 bits per heavy atom. The molecule has 1 rings (SSSR count). The molecule has 17 heavy (non-hydrogen) atoms. The van der Waals surface area contributed by atoms with Gasteiger partial charge in [0.25, 0.3) is 0 Å². The quantitative estimate of drug-likeness (QED) is 0.883. The van der Waals surface area contributed by atoms with Gasteiger partial charge in [-0.25, -0.2) is 8.42 Å². The Balaban J connectivity index is 3.03. The molecular formula is C10H19N3O2S2. The number of hydrogen-bond acceptors (Lipinski definition) is 6. The van der Waals surface area contributed by atoms with Gasteiger partial charge >= 0.3 is 0 Å². The summed E-state index contributed by atoms with van der Waals surface area (Å²) in [5.74, 6) is 0. The van der Waals surface area contributed by atoms with Gasteiger partial charge in [-0.2, -0.15) is 0 Å². The summed E-state index contributed by atoms with van der Waals surface area (Å²) in [6.45, 7) is 8.15. The Morgan fingerprint density at radius 3 is 2.47 bits per heavy atom. The highest BCUT2D eigenvalue weighted by Gasteiger charge is 2.36. The van der Waals surface area contributed by atoms with Crippen LogP contribution in [0.2, 0.25) is 0 Å². The van der Waals surface area contributed by atoms with Gasteiger partial charge in [-0.15, -0.1) is 10.2 Å². The molecular weight excluding hydrogens is 258 g/mol. The lowest BCUT2D eigenvalue weighted by atomic mass is 10.2. The second-order valence-corrected chi connectivity index (χ2v) is 8.08. The van der Waals surface area contributed by atoms with Crippen molar-refractivity contribution in [1.29, 1.82) is 0 Å². The van der Waals surface area contributed by atoms with Gasteiger partial charge in [0, 0.05) is 6.26 Å². The molecule has 1 N–H and O–H groups in total. The smallest absolute Gasteiger partial charge is 0.159 e. The van der Waals surface area contributed by atoms with Gasteiger partial charge in [0.05, 0.1) is 6.04 Å². The number of aromatic nitrogens is 2. The fourth-order valence-corrected chi connectivity index (χ4v) is 3.01. The van der Waals surface area contributed by atoms with Gasteiger partial charge in [-0.1, -0.05) is 18.3 Å². The lowest BCUT2D eigenvalue weighted by Gasteiger charge is -2.18. The van der Waals surface area contributed by atoms with Crippen molar-refractivity contribution in [2.75, 3.05) is 12.8 Å². The van der Waals surface area contributed by atoms with E-state index >= 15 is 0 Å². The minimum atomic E-state index is -3.19. The zero-order chi connectivity index (χ0) is 13.3. The number of nitrogens with zero attached hydrogens (tertiary/aromatic N) is 2. The molecule has 0 aliphatic rings. The summed E-state index contributed by atoms with van der Waals surface area (Å²) >= 11 is 1.35. The predicted molar refractivity (Wildman–Crippen MR) is 69.9 cm³/mol. The maximum atomic E-state index is 11.7. The van der Waals surface area contributed by atoms with Gasteiger partial charge in [-0.05, 0) is 27.3 Å². The summed E-state index contributed by atoms with van der Waals surface area (Å²) in [6, 6.07) is 0.0987. The van der Waals surface area contributed by atoms with E-state index in [2.05, 4.69) is 15.5 Å². The van der Waals surface area contributed by atoms with E-state index in [1.165, 1.54) is 17.6 Å². The van der Waals surface area contributed by atoms with Crippen LogP contribution in [0.15, 0.2) is 0 Å². The number of nitrogens with one attached hydrogen (secondary N) is 1. The van der Waals surface area contributed by atoms with Crippen LogP contribution in [0.25, 0.3) is 0 Å². The largest absolute Gasteiger partial charge is 0.308 e. The third-order valence-electron chi connectivity index (χ3n) is 2.76. The summed E-state index contributed by atoms with van der Waals surface area (Å²) in [5, 5.41) is 12.6. The van der Waals surface area contributed by atoms with Crippen LogP contribution in [0.3, 0.4) is 0 Å². The fraction of sp³-hybridized carbons (Fsp3) is 0.800. The molecule has 0 aliphatic carbocycles. The van der Waals surface area contributed by atoms with E-state index < -0.39 is 14.6 Å². The maximum Gasteiger partial charge on any atom is 0.159 e. The third kappa shape index (κ3) is 3.02. The Hall–Kier alpha value is -0.530. The predicted octanol–water partition coefficient (Wildman–Crippen LogP) is 1.49. The highest BCUT2D eigenvalue weighted by Crippen LogP contribution is 2.32. The monoisotopic (exact) mass is 277 g/mol. The van der Waals surface area contributed by atoms with Crippen LogP contribution in [0, 0.1) is 0 Å². The van der Waals surface area contributed by atoms with Crippen LogP contribution in [0.4, 0.5) is 0 Å². The van der Waals surface area contributed by atoms with E-state index in [-0.39, 0.29) is 6.04 Å². The second-order valence-electron chi connectivity index (χ2n) is 4.51. The zero-order valence-corrected chi connectivity index (χ0v) is 12.4. The first-order chi connectivity index (χ1) is 7.70. The van der Waals surface area contributed by atoms with Crippen LogP contribution in [0.5, 0.6) is 0 Å². The molecule has 7 heteroatoms. The van der Waals surface area contributed by atoms with Crippen molar-refractivity contribution in [3.05, 3.63) is 10.0 Å². The van der Waals surface area contributed by atoms with Gasteiger partial charge in [0.15, 0.2) is 9.84 Å². The maximum absolute atomic E-state index is 11.7. The van der Waals surface area contributed by atoms with E-state index in [1.54, 1.807) is 13.8 Å². The van der Waals surface area contributed by atoms with Crippen LogP contribution in [-0.4, -0.2) is 31.4 Å². The average molecular weight is 277 g/mol. The molecule has 0 radical (unpaired) electrons. The van der Waals surface area contributed by atoms with Crippen molar-refractivity contribution < 1.29 is 8.42 Å². The minimum absolute atomic E-state index is 0.0987. The van der Waals surface area contributed by atoms with Crippen molar-refractivity contribution in [3.8, 4) is 0 Å². The molecule has 98 valence electrons. The Bertz CT molecular complexity index is 479. The first-order valence-electron chi connectivity index (χ1n) is 5.47. The summed E-state index contributed by atoms with van der Waals surface area (Å²) < 4.78 is 22.4. The van der Waals surface area contributed by atoms with E-state index in [9.17, 15) is 8.42 Å². The number of hydrogen-bond donors (Lipinski definition) is 1. The van der Waals surface area contributed by atoms with E-state index in [0.29, 0.717) is 5.01 Å². The molecule has 1 unspecified atom stereocenters. The van der Waals surface area contributed by atoms with Gasteiger partial charge < -0.3 is 5.32 Å². The summed E-state index contributed by atoms with van der Waals surface area (Å²) in [6.07, 6.45) is 1.22. The fourth-order valence-electron chi connectivity index (χ4n) is 1.20. The second kappa shape index (κ2) is 4.99. The van der Waals surface area contributed by atoms with Gasteiger partial charge in [0.1, 0.15) is 14.8 Å². The molecule has 1 heterocycles. The third-order valence-corrected chi connectivity index (χ3v) is 6.37. The lowest BCUT2D eigenvalue weighted by Crippen LogP contribution is -2.27. The SMILES string of the molecule is CCNC(C)c1nnc(C(C)(C)S(C)(=O)=O)s1. The Labute approximate surface area is 107 Å². The first-order valence-corrected chi connectivity index (χ1v) is 8.17.